The number of methoxy groups -OCH3 is 1. The molecule has 0 bridgehead atoms. The van der Waals surface area contributed by atoms with Crippen LogP contribution in [0.25, 0.3) is 0 Å². The van der Waals surface area contributed by atoms with Gasteiger partial charge in [0.1, 0.15) is 6.04 Å². The van der Waals surface area contributed by atoms with Crippen LogP contribution in [0.3, 0.4) is 0 Å². The molecule has 0 aromatic rings. The molecule has 0 spiro atoms. The van der Waals surface area contributed by atoms with E-state index in [1.54, 1.807) is 6.92 Å². The molecular weight excluding hydrogens is 228 g/mol. The normalized spacial score (nSPS) is 13.6. The molecule has 0 aliphatic heterocycles. The molecule has 0 rings (SSSR count). The lowest BCUT2D eigenvalue weighted by Crippen LogP contribution is -2.48. The fraction of sp³-hybridized carbons (Fsp3) is 0.700. The Kier molecular flexibility index (Phi) is 6.88. The molecule has 0 heterocycles. The second kappa shape index (κ2) is 7.61. The van der Waals surface area contributed by atoms with Crippen LogP contribution >= 0.6 is 0 Å². The molecule has 0 saturated carbocycles. The lowest BCUT2D eigenvalue weighted by Gasteiger charge is -2.16. The zero-order valence-corrected chi connectivity index (χ0v) is 9.93. The van der Waals surface area contributed by atoms with Crippen molar-refractivity contribution >= 4 is 17.8 Å². The van der Waals surface area contributed by atoms with Gasteiger partial charge in [0.2, 0.25) is 5.91 Å². The van der Waals surface area contributed by atoms with Gasteiger partial charge in [-0.05, 0) is 12.8 Å². The molecule has 4 N–H and O–H groups in total. The molecule has 7 nitrogen and oxygen atoms in total. The summed E-state index contributed by atoms with van der Waals surface area (Å²) in [5.41, 5.74) is 5.45. The summed E-state index contributed by atoms with van der Waals surface area (Å²) in [5.74, 6) is -2.26. The number of hydrogen-bond donors (Lipinski definition) is 3. The minimum Gasteiger partial charge on any atom is -0.480 e. The van der Waals surface area contributed by atoms with E-state index in [1.807, 2.05) is 0 Å². The van der Waals surface area contributed by atoms with Crippen LogP contribution in [0.4, 0.5) is 0 Å². The highest BCUT2D eigenvalue weighted by Crippen LogP contribution is 2.00. The average molecular weight is 246 g/mol. The number of nitrogens with two attached hydrogens (primary N) is 1. The number of esters is 1. The zero-order valence-electron chi connectivity index (χ0n) is 9.93. The number of ether oxygens (including phenoxy) is 1. The third kappa shape index (κ3) is 5.86. The lowest BCUT2D eigenvalue weighted by molar-refractivity contribution is -0.144. The van der Waals surface area contributed by atoms with Crippen LogP contribution in [-0.4, -0.2) is 42.1 Å². The van der Waals surface area contributed by atoms with Gasteiger partial charge < -0.3 is 20.9 Å². The van der Waals surface area contributed by atoms with Crippen molar-refractivity contribution < 1.29 is 24.2 Å². The maximum absolute atomic E-state index is 11.4. The second-order valence-corrected chi connectivity index (χ2v) is 3.53. The minimum absolute atomic E-state index is 0.0236. The zero-order chi connectivity index (χ0) is 13.4. The van der Waals surface area contributed by atoms with Crippen LogP contribution in [0.2, 0.25) is 0 Å². The van der Waals surface area contributed by atoms with E-state index in [0.717, 1.165) is 0 Å². The van der Waals surface area contributed by atoms with Gasteiger partial charge in [-0.15, -0.1) is 0 Å². The molecule has 0 aliphatic rings. The summed E-state index contributed by atoms with van der Waals surface area (Å²) >= 11 is 0. The fourth-order valence-corrected chi connectivity index (χ4v) is 1.09. The highest BCUT2D eigenvalue weighted by molar-refractivity contribution is 5.87. The second-order valence-electron chi connectivity index (χ2n) is 3.53. The van der Waals surface area contributed by atoms with Crippen molar-refractivity contribution in [2.75, 3.05) is 7.11 Å². The van der Waals surface area contributed by atoms with Crippen LogP contribution in [-0.2, 0) is 19.1 Å². The number of hydrogen-bond acceptors (Lipinski definition) is 5. The smallest absolute Gasteiger partial charge is 0.326 e. The maximum atomic E-state index is 11.4. The monoisotopic (exact) mass is 246 g/mol. The van der Waals surface area contributed by atoms with Gasteiger partial charge in [0, 0.05) is 6.42 Å². The van der Waals surface area contributed by atoms with E-state index in [1.165, 1.54) is 7.11 Å². The van der Waals surface area contributed by atoms with Crippen molar-refractivity contribution in [2.45, 2.75) is 38.3 Å². The molecule has 0 aromatic heterocycles. The first kappa shape index (κ1) is 15.4. The minimum atomic E-state index is -1.20. The van der Waals surface area contributed by atoms with Gasteiger partial charge in [-0.3, -0.25) is 9.59 Å². The van der Waals surface area contributed by atoms with Crippen molar-refractivity contribution in [1.29, 1.82) is 0 Å². The Morgan fingerprint density at radius 2 is 2.00 bits per heavy atom. The van der Waals surface area contributed by atoms with E-state index in [4.69, 9.17) is 10.8 Å². The van der Waals surface area contributed by atoms with E-state index >= 15 is 0 Å². The van der Waals surface area contributed by atoms with E-state index < -0.39 is 29.9 Å². The number of aliphatic carboxylic acids is 1. The van der Waals surface area contributed by atoms with Gasteiger partial charge in [-0.25, -0.2) is 4.79 Å². The largest absolute Gasteiger partial charge is 0.480 e. The quantitative estimate of drug-likeness (QED) is 0.508. The molecule has 0 aliphatic carbocycles. The van der Waals surface area contributed by atoms with Crippen molar-refractivity contribution in [3.05, 3.63) is 0 Å². The highest BCUT2D eigenvalue weighted by Gasteiger charge is 2.23. The molecule has 98 valence electrons. The Labute approximate surface area is 99.3 Å². The van der Waals surface area contributed by atoms with Crippen LogP contribution in [0.15, 0.2) is 0 Å². The summed E-state index contributed by atoms with van der Waals surface area (Å²) in [6.07, 6.45) is 0.314. The first-order chi connectivity index (χ1) is 7.92. The van der Waals surface area contributed by atoms with Crippen molar-refractivity contribution in [2.24, 2.45) is 5.73 Å². The summed E-state index contributed by atoms with van der Waals surface area (Å²) in [5, 5.41) is 11.1. The van der Waals surface area contributed by atoms with Crippen LogP contribution < -0.4 is 11.1 Å². The van der Waals surface area contributed by atoms with Gasteiger partial charge in [0.05, 0.1) is 13.2 Å². The Balaban J connectivity index is 4.30. The van der Waals surface area contributed by atoms with Crippen LogP contribution in [0.1, 0.15) is 26.2 Å². The van der Waals surface area contributed by atoms with Crippen molar-refractivity contribution in [3.8, 4) is 0 Å². The Morgan fingerprint density at radius 1 is 1.41 bits per heavy atom. The number of carboxylic acid groups (broad SMARTS) is 1. The first-order valence-electron chi connectivity index (χ1n) is 5.27. The van der Waals surface area contributed by atoms with E-state index in [0.29, 0.717) is 6.42 Å². The molecule has 0 fully saturated rings. The molecule has 2 unspecified atom stereocenters. The number of carboxylic acids is 1. The summed E-state index contributed by atoms with van der Waals surface area (Å²) in [4.78, 5) is 33.1. The van der Waals surface area contributed by atoms with E-state index in [2.05, 4.69) is 10.1 Å². The predicted octanol–water partition coefficient (Wildman–Crippen LogP) is -0.754. The molecule has 1 amide bonds. The number of carbonyl (C=O) groups is 3. The molecule has 7 heteroatoms. The molecular formula is C10H18N2O5. The molecule has 0 saturated heterocycles. The van der Waals surface area contributed by atoms with Gasteiger partial charge in [0.25, 0.3) is 0 Å². The van der Waals surface area contributed by atoms with E-state index in [9.17, 15) is 14.4 Å². The van der Waals surface area contributed by atoms with Gasteiger partial charge in [0.15, 0.2) is 0 Å². The predicted molar refractivity (Wildman–Crippen MR) is 59.1 cm³/mol. The molecule has 0 radical (unpaired) electrons. The third-order valence-electron chi connectivity index (χ3n) is 2.26. The number of carbonyl (C=O) groups excluding carboxylic acids is 2. The molecule has 0 aromatic carbocycles. The SMILES string of the molecule is CCC(N)C(=O)NC(CCC(=O)OC)C(=O)O. The number of nitrogens with one attached hydrogen (secondary N) is 1. The highest BCUT2D eigenvalue weighted by atomic mass is 16.5. The Bertz CT molecular complexity index is 292. The first-order valence-corrected chi connectivity index (χ1v) is 5.27. The van der Waals surface area contributed by atoms with Crippen molar-refractivity contribution in [1.82, 2.24) is 5.32 Å². The third-order valence-corrected chi connectivity index (χ3v) is 2.26. The van der Waals surface area contributed by atoms with Crippen LogP contribution in [0, 0.1) is 0 Å². The standard InChI is InChI=1S/C10H18N2O5/c1-3-6(11)9(14)12-7(10(15)16)4-5-8(13)17-2/h6-7H,3-5,11H2,1-2H3,(H,12,14)(H,15,16). The van der Waals surface area contributed by atoms with Gasteiger partial charge >= 0.3 is 11.9 Å². The summed E-state index contributed by atoms with van der Waals surface area (Å²) in [6, 6.07) is -1.87. The molecule has 2 atom stereocenters. The summed E-state index contributed by atoms with van der Waals surface area (Å²) < 4.78 is 4.38. The average Bonchev–Trinajstić information content (AvgIpc) is 2.31. The number of rotatable bonds is 7. The Morgan fingerprint density at radius 3 is 2.41 bits per heavy atom. The van der Waals surface area contributed by atoms with Gasteiger partial charge in [-0.2, -0.15) is 0 Å². The maximum Gasteiger partial charge on any atom is 0.326 e. The fourth-order valence-electron chi connectivity index (χ4n) is 1.09. The number of amides is 1. The van der Waals surface area contributed by atoms with E-state index in [-0.39, 0.29) is 12.8 Å². The Hall–Kier alpha value is -1.63. The topological polar surface area (TPSA) is 119 Å². The lowest BCUT2D eigenvalue weighted by atomic mass is 10.1. The van der Waals surface area contributed by atoms with Gasteiger partial charge in [-0.1, -0.05) is 6.92 Å². The summed E-state index contributed by atoms with van der Waals surface area (Å²) in [6.45, 7) is 1.72. The van der Waals surface area contributed by atoms with Crippen molar-refractivity contribution in [3.63, 3.8) is 0 Å². The summed E-state index contributed by atoms with van der Waals surface area (Å²) in [7, 11) is 1.21. The molecule has 17 heavy (non-hydrogen) atoms. The van der Waals surface area contributed by atoms with Crippen LogP contribution in [0.5, 0.6) is 0 Å².